The first kappa shape index (κ1) is 14.1. The van der Waals surface area contributed by atoms with Gasteiger partial charge >= 0.3 is 0 Å². The number of carbonyl (C=O) groups excluding carboxylic acids is 1. The van der Waals surface area contributed by atoms with Crippen molar-refractivity contribution < 1.29 is 9.53 Å². The molecule has 0 unspecified atom stereocenters. The van der Waals surface area contributed by atoms with Crippen LogP contribution in [-0.4, -0.2) is 24.5 Å². The third-order valence-corrected chi connectivity index (χ3v) is 2.99. The van der Waals surface area contributed by atoms with Gasteiger partial charge in [-0.15, -0.1) is 0 Å². The summed E-state index contributed by atoms with van der Waals surface area (Å²) >= 11 is 0. The highest BCUT2D eigenvalue weighted by molar-refractivity contribution is 5.93. The van der Waals surface area contributed by atoms with Crippen molar-refractivity contribution in [1.82, 2.24) is 10.3 Å². The minimum Gasteiger partial charge on any atom is -0.497 e. The van der Waals surface area contributed by atoms with Crippen molar-refractivity contribution in [3.63, 3.8) is 0 Å². The van der Waals surface area contributed by atoms with Crippen molar-refractivity contribution in [3.8, 4) is 5.75 Å². The number of benzene rings is 1. The summed E-state index contributed by atoms with van der Waals surface area (Å²) in [5.74, 6) is 0.783. The second-order valence-electron chi connectivity index (χ2n) is 4.45. The van der Waals surface area contributed by atoms with Gasteiger partial charge in [-0.05, 0) is 42.7 Å². The molecule has 1 aromatic heterocycles. The van der Waals surface area contributed by atoms with Crippen LogP contribution in [0.1, 0.15) is 22.3 Å². The Morgan fingerprint density at radius 3 is 2.95 bits per heavy atom. The minimum absolute atomic E-state index is 0.0799. The van der Waals surface area contributed by atoms with Crippen molar-refractivity contribution in [2.75, 3.05) is 13.7 Å². The van der Waals surface area contributed by atoms with E-state index in [9.17, 15) is 4.79 Å². The third-order valence-electron chi connectivity index (χ3n) is 2.99. The predicted octanol–water partition coefficient (Wildman–Crippen LogP) is 2.45. The lowest BCUT2D eigenvalue weighted by molar-refractivity contribution is 0.0953. The molecule has 0 spiro atoms. The van der Waals surface area contributed by atoms with Gasteiger partial charge in [-0.1, -0.05) is 12.1 Å². The Morgan fingerprint density at radius 1 is 1.30 bits per heavy atom. The van der Waals surface area contributed by atoms with Crippen LogP contribution >= 0.6 is 0 Å². The molecule has 0 radical (unpaired) electrons. The Hall–Kier alpha value is -2.36. The fourth-order valence-corrected chi connectivity index (χ4v) is 1.92. The van der Waals surface area contributed by atoms with Gasteiger partial charge in [0.05, 0.1) is 12.7 Å². The summed E-state index contributed by atoms with van der Waals surface area (Å²) in [6.45, 7) is 0.644. The topological polar surface area (TPSA) is 51.2 Å². The highest BCUT2D eigenvalue weighted by Crippen LogP contribution is 2.13. The average molecular weight is 270 g/mol. The second-order valence-corrected chi connectivity index (χ2v) is 4.45. The molecule has 2 rings (SSSR count). The van der Waals surface area contributed by atoms with Gasteiger partial charge in [-0.25, -0.2) is 0 Å². The third kappa shape index (κ3) is 4.09. The smallest absolute Gasteiger partial charge is 0.252 e. The van der Waals surface area contributed by atoms with Crippen molar-refractivity contribution in [1.29, 1.82) is 0 Å². The van der Waals surface area contributed by atoms with Crippen LogP contribution in [0.25, 0.3) is 0 Å². The number of aromatic nitrogens is 1. The van der Waals surface area contributed by atoms with E-state index in [0.29, 0.717) is 12.1 Å². The highest BCUT2D eigenvalue weighted by Gasteiger charge is 2.03. The van der Waals surface area contributed by atoms with Gasteiger partial charge in [0.2, 0.25) is 0 Å². The molecule has 1 aromatic carbocycles. The molecule has 0 bridgehead atoms. The molecule has 0 aliphatic rings. The van der Waals surface area contributed by atoms with Gasteiger partial charge in [0.15, 0.2) is 0 Å². The van der Waals surface area contributed by atoms with Gasteiger partial charge in [0, 0.05) is 18.9 Å². The lowest BCUT2D eigenvalue weighted by atomic mass is 10.1. The highest BCUT2D eigenvalue weighted by atomic mass is 16.5. The van der Waals surface area contributed by atoms with Crippen LogP contribution in [0, 0.1) is 0 Å². The summed E-state index contributed by atoms with van der Waals surface area (Å²) in [5.41, 5.74) is 1.80. The van der Waals surface area contributed by atoms with Crippen LogP contribution in [0.4, 0.5) is 0 Å². The van der Waals surface area contributed by atoms with E-state index in [1.807, 2.05) is 18.2 Å². The SMILES string of the molecule is COc1cccc(CCCNC(=O)c2cccnc2)c1. The standard InChI is InChI=1S/C16H18N2O2/c1-20-15-8-2-5-13(11-15)6-3-10-18-16(19)14-7-4-9-17-12-14/h2,4-5,7-9,11-12H,3,6,10H2,1H3,(H,18,19). The second kappa shape index (κ2) is 7.28. The molecule has 1 N–H and O–H groups in total. The molecule has 1 heterocycles. The quantitative estimate of drug-likeness (QED) is 0.820. The van der Waals surface area contributed by atoms with Crippen LogP contribution in [0.15, 0.2) is 48.8 Å². The lowest BCUT2D eigenvalue weighted by Gasteiger charge is -2.06. The van der Waals surface area contributed by atoms with E-state index in [2.05, 4.69) is 16.4 Å². The van der Waals surface area contributed by atoms with Crippen LogP contribution in [0.3, 0.4) is 0 Å². The van der Waals surface area contributed by atoms with Crippen molar-refractivity contribution in [3.05, 3.63) is 59.9 Å². The Kier molecular flexibility index (Phi) is 5.12. The Labute approximate surface area is 118 Å². The normalized spacial score (nSPS) is 10.1. The number of ether oxygens (including phenoxy) is 1. The van der Waals surface area contributed by atoms with Gasteiger partial charge in [-0.2, -0.15) is 0 Å². The zero-order valence-corrected chi connectivity index (χ0v) is 11.5. The summed E-state index contributed by atoms with van der Waals surface area (Å²) < 4.78 is 5.18. The molecule has 4 nitrogen and oxygen atoms in total. The number of aryl methyl sites for hydroxylation is 1. The monoisotopic (exact) mass is 270 g/mol. The molecule has 0 saturated carbocycles. The summed E-state index contributed by atoms with van der Waals surface area (Å²) in [7, 11) is 1.66. The van der Waals surface area contributed by atoms with Gasteiger partial charge in [0.1, 0.15) is 5.75 Å². The zero-order chi connectivity index (χ0) is 14.2. The molecule has 20 heavy (non-hydrogen) atoms. The van der Waals surface area contributed by atoms with Crippen molar-refractivity contribution in [2.45, 2.75) is 12.8 Å². The number of pyridine rings is 1. The number of methoxy groups -OCH3 is 1. The molecule has 2 aromatic rings. The molecule has 104 valence electrons. The number of amides is 1. The summed E-state index contributed by atoms with van der Waals surface area (Å²) in [6.07, 6.45) is 5.01. The maximum Gasteiger partial charge on any atom is 0.252 e. The fraction of sp³-hybridized carbons (Fsp3) is 0.250. The molecule has 0 aliphatic heterocycles. The van der Waals surface area contributed by atoms with Gasteiger partial charge in [-0.3, -0.25) is 9.78 Å². The van der Waals surface area contributed by atoms with Crippen molar-refractivity contribution >= 4 is 5.91 Å². The van der Waals surface area contributed by atoms with E-state index in [1.54, 1.807) is 31.6 Å². The van der Waals surface area contributed by atoms with Crippen LogP contribution in [0.2, 0.25) is 0 Å². The minimum atomic E-state index is -0.0799. The number of hydrogen-bond acceptors (Lipinski definition) is 3. The predicted molar refractivity (Wildman–Crippen MR) is 77.9 cm³/mol. The lowest BCUT2D eigenvalue weighted by Crippen LogP contribution is -2.24. The van der Waals surface area contributed by atoms with E-state index in [4.69, 9.17) is 4.74 Å². The van der Waals surface area contributed by atoms with Gasteiger partial charge < -0.3 is 10.1 Å². The van der Waals surface area contributed by atoms with Crippen LogP contribution in [0.5, 0.6) is 5.75 Å². The first-order chi connectivity index (χ1) is 9.79. The largest absolute Gasteiger partial charge is 0.497 e. The summed E-state index contributed by atoms with van der Waals surface area (Å²) in [6, 6.07) is 11.5. The number of rotatable bonds is 6. The first-order valence-corrected chi connectivity index (χ1v) is 6.61. The van der Waals surface area contributed by atoms with Crippen LogP contribution < -0.4 is 10.1 Å². The molecular weight excluding hydrogens is 252 g/mol. The van der Waals surface area contributed by atoms with Gasteiger partial charge in [0.25, 0.3) is 5.91 Å². The number of nitrogens with one attached hydrogen (secondary N) is 1. The molecule has 4 heteroatoms. The maximum absolute atomic E-state index is 11.8. The molecule has 0 atom stereocenters. The molecule has 0 saturated heterocycles. The Morgan fingerprint density at radius 2 is 2.20 bits per heavy atom. The molecular formula is C16H18N2O2. The number of nitrogens with zero attached hydrogens (tertiary/aromatic N) is 1. The number of hydrogen-bond donors (Lipinski definition) is 1. The molecule has 0 fully saturated rings. The Balaban J connectivity index is 1.75. The summed E-state index contributed by atoms with van der Waals surface area (Å²) in [5, 5.41) is 2.89. The van der Waals surface area contributed by atoms with Crippen molar-refractivity contribution in [2.24, 2.45) is 0 Å². The van der Waals surface area contributed by atoms with E-state index in [-0.39, 0.29) is 5.91 Å². The number of carbonyl (C=O) groups is 1. The average Bonchev–Trinajstić information content (AvgIpc) is 2.52. The van der Waals surface area contributed by atoms with E-state index in [1.165, 1.54) is 5.56 Å². The fourth-order valence-electron chi connectivity index (χ4n) is 1.92. The molecule has 0 aliphatic carbocycles. The van der Waals surface area contributed by atoms with E-state index in [0.717, 1.165) is 18.6 Å². The Bertz CT molecular complexity index is 555. The summed E-state index contributed by atoms with van der Waals surface area (Å²) in [4.78, 5) is 15.7. The maximum atomic E-state index is 11.8. The zero-order valence-electron chi connectivity index (χ0n) is 11.5. The van der Waals surface area contributed by atoms with E-state index < -0.39 is 0 Å². The van der Waals surface area contributed by atoms with Crippen LogP contribution in [-0.2, 0) is 6.42 Å². The first-order valence-electron chi connectivity index (χ1n) is 6.61. The van der Waals surface area contributed by atoms with E-state index >= 15 is 0 Å². The molecule has 1 amide bonds.